The van der Waals surface area contributed by atoms with Crippen molar-refractivity contribution in [2.24, 2.45) is 7.05 Å². The second-order valence-electron chi connectivity index (χ2n) is 11.3. The summed E-state index contributed by atoms with van der Waals surface area (Å²) in [6.45, 7) is 8.33. The fourth-order valence-electron chi connectivity index (χ4n) is 5.80. The number of benzene rings is 1. The van der Waals surface area contributed by atoms with Crippen LogP contribution in [0, 0.1) is 5.82 Å². The summed E-state index contributed by atoms with van der Waals surface area (Å²) in [7, 11) is 3.59. The number of pyridine rings is 1. The molecule has 228 valence electrons. The third-order valence-electron chi connectivity index (χ3n) is 8.32. The second-order valence-corrected chi connectivity index (χ2v) is 12.5. The minimum absolute atomic E-state index is 0.0449. The van der Waals surface area contributed by atoms with Crippen molar-refractivity contribution in [3.63, 3.8) is 0 Å². The molecule has 1 saturated heterocycles. The van der Waals surface area contributed by atoms with E-state index in [4.69, 9.17) is 0 Å². The average molecular weight is 614 g/mol. The molecule has 1 aliphatic carbocycles. The van der Waals surface area contributed by atoms with E-state index in [-0.39, 0.29) is 29.1 Å². The summed E-state index contributed by atoms with van der Waals surface area (Å²) in [5.41, 5.74) is 3.96. The third kappa shape index (κ3) is 5.89. The van der Waals surface area contributed by atoms with Crippen LogP contribution in [0.5, 0.6) is 0 Å². The van der Waals surface area contributed by atoms with Crippen LogP contribution in [0.2, 0.25) is 0 Å². The Morgan fingerprint density at radius 1 is 1.02 bits per heavy atom. The van der Waals surface area contributed by atoms with Crippen LogP contribution < -0.4 is 16.2 Å². The van der Waals surface area contributed by atoms with Gasteiger partial charge in [0.05, 0.1) is 10.6 Å². The first-order valence-electron chi connectivity index (χ1n) is 14.9. The predicted molar refractivity (Wildman–Crippen MR) is 174 cm³/mol. The SMILES string of the molecule is C=C(Nc1nc(-c2cn(C)c(=O)c(Nc3ccc(C4C(=O)N(CC)CCN4C)cc3)n2)ccc1F)c1cc2c(s1)CCCC2. The molecule has 9 nitrogen and oxygen atoms in total. The van der Waals surface area contributed by atoms with E-state index in [1.807, 2.05) is 43.1 Å². The number of likely N-dealkylation sites (N-methyl/N-ethyl adjacent to an activating group) is 2. The number of anilines is 3. The highest BCUT2D eigenvalue weighted by atomic mass is 32.1. The van der Waals surface area contributed by atoms with Gasteiger partial charge < -0.3 is 20.1 Å². The highest BCUT2D eigenvalue weighted by molar-refractivity contribution is 7.13. The molecule has 1 fully saturated rings. The zero-order valence-electron chi connectivity index (χ0n) is 25.2. The Morgan fingerprint density at radius 2 is 1.77 bits per heavy atom. The Bertz CT molecular complexity index is 1760. The van der Waals surface area contributed by atoms with Crippen molar-refractivity contribution in [3.05, 3.63) is 92.3 Å². The standard InChI is InChI=1S/C33H36FN7O2S/c1-5-41-17-16-39(3)29(32(41)42)21-10-12-23(13-11-21)36-31-33(43)40(4)19-26(38-31)25-15-14-24(34)30(37-25)35-20(2)28-18-22-8-6-7-9-27(22)44-28/h10-15,18-19,29H,2,5-9,16-17H2,1,3-4H3,(H,35,37)(H,36,38). The van der Waals surface area contributed by atoms with Gasteiger partial charge in [0.1, 0.15) is 11.7 Å². The lowest BCUT2D eigenvalue weighted by molar-refractivity contribution is -0.140. The molecular formula is C33H36FN7O2S. The highest BCUT2D eigenvalue weighted by Crippen LogP contribution is 2.34. The normalized spacial score (nSPS) is 17.0. The Hall–Kier alpha value is -4.35. The Labute approximate surface area is 260 Å². The summed E-state index contributed by atoms with van der Waals surface area (Å²) in [6.07, 6.45) is 6.09. The molecule has 0 saturated carbocycles. The third-order valence-corrected chi connectivity index (χ3v) is 9.62. The fourth-order valence-corrected chi connectivity index (χ4v) is 6.98. The lowest BCUT2D eigenvalue weighted by atomic mass is 9.99. The van der Waals surface area contributed by atoms with E-state index in [9.17, 15) is 14.0 Å². The van der Waals surface area contributed by atoms with Crippen LogP contribution in [0.3, 0.4) is 0 Å². The Morgan fingerprint density at radius 3 is 2.52 bits per heavy atom. The largest absolute Gasteiger partial charge is 0.340 e. The number of piperazine rings is 1. The van der Waals surface area contributed by atoms with Gasteiger partial charge in [0.15, 0.2) is 17.5 Å². The van der Waals surface area contributed by atoms with Gasteiger partial charge >= 0.3 is 0 Å². The molecule has 1 amide bonds. The molecule has 44 heavy (non-hydrogen) atoms. The van der Waals surface area contributed by atoms with Gasteiger partial charge in [-0.15, -0.1) is 11.3 Å². The van der Waals surface area contributed by atoms with Crippen LogP contribution in [-0.4, -0.2) is 56.9 Å². The van der Waals surface area contributed by atoms with E-state index < -0.39 is 5.82 Å². The minimum atomic E-state index is -0.511. The summed E-state index contributed by atoms with van der Waals surface area (Å²) in [4.78, 5) is 41.3. The molecule has 1 aliphatic heterocycles. The molecule has 6 rings (SSSR count). The summed E-state index contributed by atoms with van der Waals surface area (Å²) >= 11 is 1.69. The summed E-state index contributed by atoms with van der Waals surface area (Å²) < 4.78 is 16.3. The van der Waals surface area contributed by atoms with E-state index in [0.717, 1.165) is 36.4 Å². The maximum Gasteiger partial charge on any atom is 0.293 e. The number of nitrogens with one attached hydrogen (secondary N) is 2. The number of rotatable bonds is 8. The molecule has 11 heteroatoms. The minimum Gasteiger partial charge on any atom is -0.340 e. The number of hydrogen-bond acceptors (Lipinski definition) is 8. The van der Waals surface area contributed by atoms with Crippen LogP contribution in [0.25, 0.3) is 17.1 Å². The van der Waals surface area contributed by atoms with Crippen molar-refractivity contribution < 1.29 is 9.18 Å². The first-order valence-corrected chi connectivity index (χ1v) is 15.7. The first-order chi connectivity index (χ1) is 21.2. The first kappa shape index (κ1) is 29.7. The van der Waals surface area contributed by atoms with Gasteiger partial charge in [-0.2, -0.15) is 0 Å². The predicted octanol–water partition coefficient (Wildman–Crippen LogP) is 5.58. The van der Waals surface area contributed by atoms with Crippen molar-refractivity contribution >= 4 is 40.3 Å². The highest BCUT2D eigenvalue weighted by Gasteiger charge is 2.33. The number of amides is 1. The van der Waals surface area contributed by atoms with Gasteiger partial charge in [-0.25, -0.2) is 14.4 Å². The maximum atomic E-state index is 14.9. The quantitative estimate of drug-likeness (QED) is 0.268. The number of thiophene rings is 1. The molecule has 2 aliphatic rings. The molecule has 1 atom stereocenters. The second kappa shape index (κ2) is 12.3. The van der Waals surface area contributed by atoms with Gasteiger partial charge in [-0.05, 0) is 81.1 Å². The number of carbonyl (C=O) groups excluding carboxylic acids is 1. The van der Waals surface area contributed by atoms with Crippen molar-refractivity contribution in [2.75, 3.05) is 37.3 Å². The number of hydrogen-bond donors (Lipinski definition) is 2. The van der Waals surface area contributed by atoms with Gasteiger partial charge in [-0.3, -0.25) is 14.5 Å². The van der Waals surface area contributed by atoms with Crippen LogP contribution in [0.1, 0.15) is 46.7 Å². The van der Waals surface area contributed by atoms with Gasteiger partial charge in [0.2, 0.25) is 5.91 Å². The summed E-state index contributed by atoms with van der Waals surface area (Å²) in [5.74, 6) is -0.272. The monoisotopic (exact) mass is 613 g/mol. The molecule has 4 aromatic rings. The number of halogens is 1. The molecule has 4 heterocycles. The smallest absolute Gasteiger partial charge is 0.293 e. The number of aryl methyl sites for hydroxylation is 3. The topological polar surface area (TPSA) is 95.4 Å². The summed E-state index contributed by atoms with van der Waals surface area (Å²) in [5, 5.41) is 6.17. The van der Waals surface area contributed by atoms with E-state index in [1.54, 1.807) is 24.6 Å². The molecule has 1 unspecified atom stereocenters. The molecule has 0 spiro atoms. The molecular weight excluding hydrogens is 577 g/mol. The van der Waals surface area contributed by atoms with Crippen LogP contribution >= 0.6 is 11.3 Å². The number of aromatic nitrogens is 3. The van der Waals surface area contributed by atoms with Gasteiger partial charge in [0, 0.05) is 49.1 Å². The summed E-state index contributed by atoms with van der Waals surface area (Å²) in [6, 6.07) is 12.1. The van der Waals surface area contributed by atoms with Crippen molar-refractivity contribution in [2.45, 2.75) is 38.6 Å². The lowest BCUT2D eigenvalue weighted by Gasteiger charge is -2.38. The molecule has 0 radical (unpaired) electrons. The van der Waals surface area contributed by atoms with Crippen molar-refractivity contribution in [1.82, 2.24) is 24.3 Å². The van der Waals surface area contributed by atoms with E-state index in [2.05, 4.69) is 38.1 Å². The average Bonchev–Trinajstić information content (AvgIpc) is 3.46. The fraction of sp³-hybridized carbons (Fsp3) is 0.333. The molecule has 3 aromatic heterocycles. The van der Waals surface area contributed by atoms with Gasteiger partial charge in [0.25, 0.3) is 5.56 Å². The Balaban J connectivity index is 1.22. The van der Waals surface area contributed by atoms with Crippen LogP contribution in [0.4, 0.5) is 21.7 Å². The molecule has 0 bridgehead atoms. The zero-order valence-corrected chi connectivity index (χ0v) is 26.0. The lowest BCUT2D eigenvalue weighted by Crippen LogP contribution is -2.50. The number of fused-ring (bicyclic) bond motifs is 1. The zero-order chi connectivity index (χ0) is 31.0. The molecule has 1 aromatic carbocycles. The van der Waals surface area contributed by atoms with Crippen LogP contribution in [0.15, 0.2) is 60.0 Å². The Kier molecular flexibility index (Phi) is 8.33. The maximum absolute atomic E-state index is 14.9. The van der Waals surface area contributed by atoms with E-state index in [1.165, 1.54) is 40.0 Å². The van der Waals surface area contributed by atoms with E-state index in [0.29, 0.717) is 29.3 Å². The van der Waals surface area contributed by atoms with Gasteiger partial charge in [-0.1, -0.05) is 18.7 Å². The van der Waals surface area contributed by atoms with E-state index >= 15 is 0 Å². The van der Waals surface area contributed by atoms with Crippen molar-refractivity contribution in [1.29, 1.82) is 0 Å². The number of nitrogens with zero attached hydrogens (tertiary/aromatic N) is 5. The molecule has 2 N–H and O–H groups in total. The number of carbonyl (C=O) groups is 1. The van der Waals surface area contributed by atoms with Crippen LogP contribution in [-0.2, 0) is 24.7 Å². The van der Waals surface area contributed by atoms with Crippen molar-refractivity contribution in [3.8, 4) is 11.4 Å².